The molecule has 0 radical (unpaired) electrons. The fourth-order valence-corrected chi connectivity index (χ4v) is 2.29. The van der Waals surface area contributed by atoms with E-state index in [1.54, 1.807) is 0 Å². The Morgan fingerprint density at radius 1 is 1.20 bits per heavy atom. The Hall–Kier alpha value is -1.87. The van der Waals surface area contributed by atoms with Gasteiger partial charge in [0.05, 0.1) is 5.69 Å². The maximum atomic E-state index is 4.44. The zero-order valence-corrected chi connectivity index (χ0v) is 12.1. The molecule has 1 aliphatic carbocycles. The predicted molar refractivity (Wildman–Crippen MR) is 83.3 cm³/mol. The Labute approximate surface area is 120 Å². The van der Waals surface area contributed by atoms with E-state index in [1.807, 2.05) is 6.20 Å². The standard InChI is InChI=1S/C17H21N3/c1-13-4-3-5-16(10-13)20(2)17-8-9-18-15(11-17)12-19-14-6-7-14/h3-5,8-11,14,19H,6-7,12H2,1-2H3. The van der Waals surface area contributed by atoms with Crippen LogP contribution < -0.4 is 10.2 Å². The zero-order valence-electron chi connectivity index (χ0n) is 12.1. The Balaban J connectivity index is 1.76. The SMILES string of the molecule is Cc1cccc(N(C)c2ccnc(CNC3CC3)c2)c1. The van der Waals surface area contributed by atoms with Crippen molar-refractivity contribution >= 4 is 11.4 Å². The second-order valence-electron chi connectivity index (χ2n) is 5.56. The van der Waals surface area contributed by atoms with Crippen LogP contribution in [0.3, 0.4) is 0 Å². The van der Waals surface area contributed by atoms with Crippen LogP contribution in [0, 0.1) is 6.92 Å². The summed E-state index contributed by atoms with van der Waals surface area (Å²) in [4.78, 5) is 6.65. The van der Waals surface area contributed by atoms with Gasteiger partial charge in [0.2, 0.25) is 0 Å². The molecule has 3 heteroatoms. The van der Waals surface area contributed by atoms with Crippen LogP contribution in [0.2, 0.25) is 0 Å². The van der Waals surface area contributed by atoms with Crippen molar-refractivity contribution in [2.45, 2.75) is 32.4 Å². The van der Waals surface area contributed by atoms with Crippen molar-refractivity contribution in [3.8, 4) is 0 Å². The molecule has 1 aromatic carbocycles. The van der Waals surface area contributed by atoms with E-state index in [2.05, 4.69) is 65.6 Å². The summed E-state index contributed by atoms with van der Waals surface area (Å²) < 4.78 is 0. The molecule has 0 aliphatic heterocycles. The molecular formula is C17H21N3. The van der Waals surface area contributed by atoms with Crippen molar-refractivity contribution < 1.29 is 0 Å². The molecule has 0 atom stereocenters. The molecule has 3 nitrogen and oxygen atoms in total. The molecule has 3 rings (SSSR count). The first-order valence-corrected chi connectivity index (χ1v) is 7.21. The summed E-state index contributed by atoms with van der Waals surface area (Å²) in [5, 5.41) is 3.51. The number of nitrogens with zero attached hydrogens (tertiary/aromatic N) is 2. The van der Waals surface area contributed by atoms with Crippen LogP contribution in [-0.4, -0.2) is 18.1 Å². The molecule has 1 aromatic heterocycles. The summed E-state index contributed by atoms with van der Waals surface area (Å²) in [5.41, 5.74) is 4.77. The smallest absolute Gasteiger partial charge is 0.0562 e. The molecule has 20 heavy (non-hydrogen) atoms. The number of rotatable bonds is 5. The highest BCUT2D eigenvalue weighted by Gasteiger charge is 2.20. The van der Waals surface area contributed by atoms with Crippen LogP contribution in [0.4, 0.5) is 11.4 Å². The van der Waals surface area contributed by atoms with Gasteiger partial charge in [-0.3, -0.25) is 4.98 Å². The van der Waals surface area contributed by atoms with Gasteiger partial charge in [0.25, 0.3) is 0 Å². The molecule has 1 aliphatic rings. The Bertz CT molecular complexity index is 590. The van der Waals surface area contributed by atoms with Crippen LogP contribution in [0.15, 0.2) is 42.6 Å². The normalized spacial score (nSPS) is 14.3. The van der Waals surface area contributed by atoms with E-state index in [9.17, 15) is 0 Å². The van der Waals surface area contributed by atoms with Crippen LogP contribution in [0.25, 0.3) is 0 Å². The fourth-order valence-electron chi connectivity index (χ4n) is 2.29. The van der Waals surface area contributed by atoms with Crippen molar-refractivity contribution in [2.24, 2.45) is 0 Å². The van der Waals surface area contributed by atoms with Gasteiger partial charge in [-0.2, -0.15) is 0 Å². The zero-order chi connectivity index (χ0) is 13.9. The molecular weight excluding hydrogens is 246 g/mol. The van der Waals surface area contributed by atoms with Gasteiger partial charge in [-0.25, -0.2) is 0 Å². The van der Waals surface area contributed by atoms with Crippen LogP contribution in [0.1, 0.15) is 24.1 Å². The number of anilines is 2. The van der Waals surface area contributed by atoms with Crippen LogP contribution in [0.5, 0.6) is 0 Å². The summed E-state index contributed by atoms with van der Waals surface area (Å²) in [6.07, 6.45) is 4.51. The van der Waals surface area contributed by atoms with E-state index in [0.717, 1.165) is 18.3 Å². The van der Waals surface area contributed by atoms with Gasteiger partial charge in [-0.15, -0.1) is 0 Å². The molecule has 0 amide bonds. The van der Waals surface area contributed by atoms with Gasteiger partial charge in [0.1, 0.15) is 0 Å². The van der Waals surface area contributed by atoms with E-state index in [-0.39, 0.29) is 0 Å². The maximum absolute atomic E-state index is 4.44. The minimum atomic E-state index is 0.718. The molecule has 0 spiro atoms. The van der Waals surface area contributed by atoms with Gasteiger partial charge in [-0.05, 0) is 49.6 Å². The third kappa shape index (κ3) is 3.17. The van der Waals surface area contributed by atoms with E-state index in [0.29, 0.717) is 0 Å². The Morgan fingerprint density at radius 2 is 2.00 bits per heavy atom. The lowest BCUT2D eigenvalue weighted by Crippen LogP contribution is -2.17. The van der Waals surface area contributed by atoms with Gasteiger partial charge in [-0.1, -0.05) is 12.1 Å². The summed E-state index contributed by atoms with van der Waals surface area (Å²) in [7, 11) is 2.10. The van der Waals surface area contributed by atoms with Gasteiger partial charge in [0, 0.05) is 37.2 Å². The highest BCUT2D eigenvalue weighted by Crippen LogP contribution is 2.24. The second-order valence-corrected chi connectivity index (χ2v) is 5.56. The minimum absolute atomic E-state index is 0.718. The van der Waals surface area contributed by atoms with Crippen molar-refractivity contribution in [3.05, 3.63) is 53.9 Å². The molecule has 2 aromatic rings. The van der Waals surface area contributed by atoms with Crippen molar-refractivity contribution in [2.75, 3.05) is 11.9 Å². The molecule has 1 fully saturated rings. The highest BCUT2D eigenvalue weighted by atomic mass is 15.1. The number of pyridine rings is 1. The summed E-state index contributed by atoms with van der Waals surface area (Å²) >= 11 is 0. The maximum Gasteiger partial charge on any atom is 0.0562 e. The lowest BCUT2D eigenvalue weighted by atomic mass is 10.2. The number of hydrogen-bond donors (Lipinski definition) is 1. The van der Waals surface area contributed by atoms with E-state index in [4.69, 9.17) is 0 Å². The third-order valence-electron chi connectivity index (χ3n) is 3.73. The topological polar surface area (TPSA) is 28.2 Å². The fraction of sp³-hybridized carbons (Fsp3) is 0.353. The minimum Gasteiger partial charge on any atom is -0.345 e. The molecule has 0 unspecified atom stereocenters. The predicted octanol–water partition coefficient (Wildman–Crippen LogP) is 3.41. The second kappa shape index (κ2) is 5.63. The first-order valence-electron chi connectivity index (χ1n) is 7.21. The Kier molecular flexibility index (Phi) is 3.70. The van der Waals surface area contributed by atoms with Gasteiger partial charge >= 0.3 is 0 Å². The van der Waals surface area contributed by atoms with E-state index >= 15 is 0 Å². The molecule has 1 N–H and O–H groups in total. The van der Waals surface area contributed by atoms with Crippen molar-refractivity contribution in [1.29, 1.82) is 0 Å². The van der Waals surface area contributed by atoms with Gasteiger partial charge in [0.15, 0.2) is 0 Å². The quantitative estimate of drug-likeness (QED) is 0.900. The van der Waals surface area contributed by atoms with E-state index < -0.39 is 0 Å². The van der Waals surface area contributed by atoms with Crippen molar-refractivity contribution in [1.82, 2.24) is 10.3 Å². The summed E-state index contributed by atoms with van der Waals surface area (Å²) in [6, 6.07) is 13.5. The Morgan fingerprint density at radius 3 is 2.75 bits per heavy atom. The summed E-state index contributed by atoms with van der Waals surface area (Å²) in [6.45, 7) is 2.98. The lowest BCUT2D eigenvalue weighted by molar-refractivity contribution is 0.674. The average molecular weight is 267 g/mol. The van der Waals surface area contributed by atoms with Crippen LogP contribution >= 0.6 is 0 Å². The number of nitrogens with one attached hydrogen (secondary N) is 1. The lowest BCUT2D eigenvalue weighted by Gasteiger charge is -2.20. The number of aromatic nitrogens is 1. The molecule has 104 valence electrons. The first kappa shape index (κ1) is 13.1. The monoisotopic (exact) mass is 267 g/mol. The molecule has 0 saturated heterocycles. The van der Waals surface area contributed by atoms with Crippen molar-refractivity contribution in [3.63, 3.8) is 0 Å². The van der Waals surface area contributed by atoms with E-state index in [1.165, 1.54) is 29.8 Å². The molecule has 1 saturated carbocycles. The number of benzene rings is 1. The number of aryl methyl sites for hydroxylation is 1. The molecule has 1 heterocycles. The first-order chi connectivity index (χ1) is 9.72. The highest BCUT2D eigenvalue weighted by molar-refractivity contribution is 5.62. The third-order valence-corrected chi connectivity index (χ3v) is 3.73. The largest absolute Gasteiger partial charge is 0.345 e. The summed E-state index contributed by atoms with van der Waals surface area (Å²) in [5.74, 6) is 0. The van der Waals surface area contributed by atoms with Gasteiger partial charge < -0.3 is 10.2 Å². The van der Waals surface area contributed by atoms with Crippen LogP contribution in [-0.2, 0) is 6.54 Å². The number of hydrogen-bond acceptors (Lipinski definition) is 3. The molecule has 0 bridgehead atoms. The average Bonchev–Trinajstić information content (AvgIpc) is 3.29.